The monoisotopic (exact) mass is 202 g/mol. The van der Waals surface area contributed by atoms with Gasteiger partial charge < -0.3 is 10.8 Å². The molecule has 1 amide bonds. The number of hydrogen-bond acceptors (Lipinski definition) is 2. The molecule has 76 valence electrons. The zero-order valence-corrected chi connectivity index (χ0v) is 7.29. The summed E-state index contributed by atoms with van der Waals surface area (Å²) in [6, 6.07) is 1.48. The first-order valence-corrected chi connectivity index (χ1v) is 3.64. The Hall–Kier alpha value is -1.85. The predicted octanol–water partition coefficient (Wildman–Crippen LogP) is 1.66. The molecule has 1 aromatic carbocycles. The molecule has 6 heteroatoms. The number of hydrogen-bond donors (Lipinski definition) is 2. The number of rotatable bonds is 1. The quantitative estimate of drug-likeness (QED) is 0.680. The van der Waals surface area contributed by atoms with Gasteiger partial charge in [0, 0.05) is 19.2 Å². The number of carbonyl (C=O) groups is 1. The van der Waals surface area contributed by atoms with Gasteiger partial charge in [-0.1, -0.05) is 0 Å². The predicted molar refractivity (Wildman–Crippen MR) is 47.2 cm³/mol. The molecule has 0 aliphatic rings. The first-order chi connectivity index (χ1) is 6.43. The molecular weight excluding hydrogens is 194 g/mol. The minimum absolute atomic E-state index is 0.0867. The molecule has 14 heavy (non-hydrogen) atoms. The van der Waals surface area contributed by atoms with Gasteiger partial charge in [-0.25, -0.2) is 13.6 Å². The van der Waals surface area contributed by atoms with E-state index in [1.165, 1.54) is 7.05 Å². The molecule has 0 aliphatic carbocycles. The van der Waals surface area contributed by atoms with Crippen molar-refractivity contribution in [1.82, 2.24) is 0 Å². The number of nitrogens with two attached hydrogens (primary N) is 1. The van der Waals surface area contributed by atoms with Gasteiger partial charge in [0.15, 0.2) is 11.6 Å². The summed E-state index contributed by atoms with van der Waals surface area (Å²) in [6.07, 6.45) is -1.30. The van der Waals surface area contributed by atoms with Crippen LogP contribution in [0.15, 0.2) is 12.1 Å². The molecule has 0 aliphatic heterocycles. The minimum Gasteiger partial charge on any atom is -0.465 e. The maximum atomic E-state index is 12.7. The highest BCUT2D eigenvalue weighted by molar-refractivity contribution is 5.89. The molecule has 0 atom stereocenters. The molecule has 0 unspecified atom stereocenters. The highest BCUT2D eigenvalue weighted by Crippen LogP contribution is 2.25. The molecule has 0 saturated heterocycles. The highest BCUT2D eigenvalue weighted by Gasteiger charge is 2.15. The van der Waals surface area contributed by atoms with Crippen LogP contribution in [0.1, 0.15) is 0 Å². The summed E-state index contributed by atoms with van der Waals surface area (Å²) in [4.78, 5) is 11.2. The van der Waals surface area contributed by atoms with Crippen LogP contribution >= 0.6 is 0 Å². The van der Waals surface area contributed by atoms with Crippen molar-refractivity contribution in [3.8, 4) is 0 Å². The smallest absolute Gasteiger partial charge is 0.411 e. The Morgan fingerprint density at radius 3 is 2.43 bits per heavy atom. The second-order valence-corrected chi connectivity index (χ2v) is 2.67. The maximum Gasteiger partial charge on any atom is 0.411 e. The lowest BCUT2D eigenvalue weighted by atomic mass is 10.2. The van der Waals surface area contributed by atoms with Crippen molar-refractivity contribution in [2.45, 2.75) is 0 Å². The molecule has 0 radical (unpaired) electrons. The topological polar surface area (TPSA) is 66.6 Å². The average molecular weight is 202 g/mol. The Labute approximate surface area is 78.5 Å². The van der Waals surface area contributed by atoms with Gasteiger partial charge in [0.05, 0.1) is 11.4 Å². The van der Waals surface area contributed by atoms with E-state index < -0.39 is 17.7 Å². The third kappa shape index (κ3) is 1.73. The van der Waals surface area contributed by atoms with Crippen molar-refractivity contribution in [2.75, 3.05) is 17.7 Å². The molecule has 0 heterocycles. The lowest BCUT2D eigenvalue weighted by Gasteiger charge is -2.15. The van der Waals surface area contributed by atoms with E-state index in [2.05, 4.69) is 0 Å². The van der Waals surface area contributed by atoms with Crippen molar-refractivity contribution in [2.24, 2.45) is 0 Å². The van der Waals surface area contributed by atoms with E-state index in [0.29, 0.717) is 4.90 Å². The van der Waals surface area contributed by atoms with E-state index in [1.807, 2.05) is 0 Å². The van der Waals surface area contributed by atoms with E-state index in [0.717, 1.165) is 12.1 Å². The van der Waals surface area contributed by atoms with Gasteiger partial charge in [-0.05, 0) is 0 Å². The zero-order chi connectivity index (χ0) is 10.9. The number of benzene rings is 1. The van der Waals surface area contributed by atoms with Crippen LogP contribution in [0, 0.1) is 11.6 Å². The molecule has 0 saturated carbocycles. The number of anilines is 2. The molecule has 0 bridgehead atoms. The average Bonchev–Trinajstić information content (AvgIpc) is 2.10. The van der Waals surface area contributed by atoms with Gasteiger partial charge in [0.1, 0.15) is 0 Å². The molecule has 0 aromatic heterocycles. The lowest BCUT2D eigenvalue weighted by Crippen LogP contribution is -2.25. The molecule has 0 spiro atoms. The summed E-state index contributed by atoms with van der Waals surface area (Å²) < 4.78 is 25.3. The van der Waals surface area contributed by atoms with Crippen LogP contribution in [0.2, 0.25) is 0 Å². The van der Waals surface area contributed by atoms with E-state index >= 15 is 0 Å². The Kier molecular flexibility index (Phi) is 2.55. The fraction of sp³-hybridized carbons (Fsp3) is 0.125. The lowest BCUT2D eigenvalue weighted by molar-refractivity contribution is 0.203. The maximum absolute atomic E-state index is 12.7. The van der Waals surface area contributed by atoms with Gasteiger partial charge in [-0.2, -0.15) is 0 Å². The number of carboxylic acid groups (broad SMARTS) is 1. The number of nitrogens with zero attached hydrogens (tertiary/aromatic N) is 1. The molecular formula is C8H8F2N2O2. The van der Waals surface area contributed by atoms with Crippen LogP contribution in [-0.4, -0.2) is 18.2 Å². The first kappa shape index (κ1) is 10.2. The summed E-state index contributed by atoms with van der Waals surface area (Å²) in [7, 11) is 1.19. The minimum atomic E-state index is -1.30. The van der Waals surface area contributed by atoms with Gasteiger partial charge in [-0.3, -0.25) is 4.90 Å². The van der Waals surface area contributed by atoms with Crippen molar-refractivity contribution >= 4 is 17.5 Å². The van der Waals surface area contributed by atoms with Crippen LogP contribution in [0.4, 0.5) is 25.0 Å². The van der Waals surface area contributed by atoms with Crippen LogP contribution in [-0.2, 0) is 0 Å². The van der Waals surface area contributed by atoms with Gasteiger partial charge in [0.25, 0.3) is 0 Å². The standard InChI is InChI=1S/C8H8F2N2O2/c1-12(8(13)14)7-3-5(10)4(9)2-6(7)11/h2-3H,11H2,1H3,(H,13,14). The summed E-state index contributed by atoms with van der Waals surface area (Å²) in [5.74, 6) is -2.24. The van der Waals surface area contributed by atoms with Crippen molar-refractivity contribution < 1.29 is 18.7 Å². The van der Waals surface area contributed by atoms with Gasteiger partial charge >= 0.3 is 6.09 Å². The highest BCUT2D eigenvalue weighted by atomic mass is 19.2. The summed E-state index contributed by atoms with van der Waals surface area (Å²) >= 11 is 0. The Morgan fingerprint density at radius 1 is 1.43 bits per heavy atom. The second kappa shape index (κ2) is 3.49. The third-order valence-corrected chi connectivity index (χ3v) is 1.72. The fourth-order valence-electron chi connectivity index (χ4n) is 0.945. The second-order valence-electron chi connectivity index (χ2n) is 2.67. The van der Waals surface area contributed by atoms with E-state index in [9.17, 15) is 13.6 Å². The van der Waals surface area contributed by atoms with Crippen molar-refractivity contribution in [3.63, 3.8) is 0 Å². The van der Waals surface area contributed by atoms with E-state index in [4.69, 9.17) is 10.8 Å². The van der Waals surface area contributed by atoms with Crippen LogP contribution in [0.5, 0.6) is 0 Å². The van der Waals surface area contributed by atoms with Gasteiger partial charge in [-0.15, -0.1) is 0 Å². The number of halogens is 2. The first-order valence-electron chi connectivity index (χ1n) is 3.64. The molecule has 1 rings (SSSR count). The van der Waals surface area contributed by atoms with E-state index in [-0.39, 0.29) is 11.4 Å². The van der Waals surface area contributed by atoms with Crippen molar-refractivity contribution in [3.05, 3.63) is 23.8 Å². The van der Waals surface area contributed by atoms with Crippen molar-refractivity contribution in [1.29, 1.82) is 0 Å². The number of nitrogen functional groups attached to an aromatic ring is 1. The number of amides is 1. The largest absolute Gasteiger partial charge is 0.465 e. The molecule has 0 fully saturated rings. The Morgan fingerprint density at radius 2 is 1.93 bits per heavy atom. The Bertz CT molecular complexity index is 382. The molecule has 1 aromatic rings. The third-order valence-electron chi connectivity index (χ3n) is 1.72. The SMILES string of the molecule is CN(C(=O)O)c1cc(F)c(F)cc1N. The van der Waals surface area contributed by atoms with E-state index in [1.54, 1.807) is 0 Å². The van der Waals surface area contributed by atoms with Crippen LogP contribution in [0.25, 0.3) is 0 Å². The summed E-state index contributed by atoms with van der Waals surface area (Å²) in [5.41, 5.74) is 5.10. The molecule has 4 nitrogen and oxygen atoms in total. The van der Waals surface area contributed by atoms with Gasteiger partial charge in [0.2, 0.25) is 0 Å². The van der Waals surface area contributed by atoms with Crippen LogP contribution in [0.3, 0.4) is 0 Å². The Balaban J connectivity index is 3.22. The van der Waals surface area contributed by atoms with Crippen LogP contribution < -0.4 is 10.6 Å². The summed E-state index contributed by atoms with van der Waals surface area (Å²) in [6.45, 7) is 0. The fourth-order valence-corrected chi connectivity index (χ4v) is 0.945. The zero-order valence-electron chi connectivity index (χ0n) is 7.29. The molecule has 3 N–H and O–H groups in total. The summed E-state index contributed by atoms with van der Waals surface area (Å²) in [5, 5.41) is 8.57. The normalized spacial score (nSPS) is 9.93.